The van der Waals surface area contributed by atoms with Crippen LogP contribution in [0.25, 0.3) is 0 Å². The Morgan fingerprint density at radius 2 is 2.00 bits per heavy atom. The van der Waals surface area contributed by atoms with Crippen molar-refractivity contribution in [3.8, 4) is 0 Å². The number of anilines is 1. The van der Waals surface area contributed by atoms with Gasteiger partial charge >= 0.3 is 6.03 Å². The second-order valence-electron chi connectivity index (χ2n) is 5.47. The number of nitrogens with one attached hydrogen (secondary N) is 1. The largest absolute Gasteiger partial charge is 0.381 e. The van der Waals surface area contributed by atoms with E-state index in [-0.39, 0.29) is 12.1 Å². The van der Waals surface area contributed by atoms with Gasteiger partial charge in [-0.2, -0.15) is 0 Å². The lowest BCUT2D eigenvalue weighted by Crippen LogP contribution is -2.31. The van der Waals surface area contributed by atoms with Gasteiger partial charge < -0.3 is 19.7 Å². The van der Waals surface area contributed by atoms with E-state index in [1.807, 2.05) is 0 Å². The molecule has 1 heterocycles. The first-order valence-electron chi connectivity index (χ1n) is 6.76. The van der Waals surface area contributed by atoms with Crippen LogP contribution in [0.3, 0.4) is 0 Å². The molecule has 0 spiro atoms. The number of benzene rings is 1. The van der Waals surface area contributed by atoms with Crippen LogP contribution in [0.2, 0.25) is 0 Å². The molecule has 1 aliphatic heterocycles. The second-order valence-corrected chi connectivity index (χ2v) is 6.09. The quantitative estimate of drug-likeness (QED) is 0.646. The molecule has 108 valence electrons. The fourth-order valence-electron chi connectivity index (χ4n) is 2.19. The first-order valence-corrected chi connectivity index (χ1v) is 7.27. The maximum absolute atomic E-state index is 11.5. The minimum Gasteiger partial charge on any atom is -0.381 e. The molecule has 1 aliphatic rings. The highest BCUT2D eigenvalue weighted by Gasteiger charge is 2.26. The van der Waals surface area contributed by atoms with Crippen LogP contribution in [0.5, 0.6) is 0 Å². The number of urea groups is 1. The van der Waals surface area contributed by atoms with Crippen molar-refractivity contribution in [2.24, 2.45) is 0 Å². The Balaban J connectivity index is 1.98. The number of hydrogen-bond donors (Lipinski definition) is 1. The van der Waals surface area contributed by atoms with Gasteiger partial charge in [-0.05, 0) is 41.2 Å². The molecule has 1 fully saturated rings. The van der Waals surface area contributed by atoms with Crippen LogP contribution in [0, 0.1) is 0 Å². The summed E-state index contributed by atoms with van der Waals surface area (Å²) in [5.41, 5.74) is 2.34. The fourth-order valence-corrected chi connectivity index (χ4v) is 2.47. The third kappa shape index (κ3) is 3.65. The molecule has 0 aliphatic carbocycles. The summed E-state index contributed by atoms with van der Waals surface area (Å²) < 4.78 is 1.63. The normalized spacial score (nSPS) is 18.4. The van der Waals surface area contributed by atoms with Crippen molar-refractivity contribution < 1.29 is 4.79 Å². The van der Waals surface area contributed by atoms with Crippen molar-refractivity contribution >= 4 is 28.5 Å². The van der Waals surface area contributed by atoms with E-state index in [0.717, 1.165) is 19.4 Å². The van der Waals surface area contributed by atoms with Crippen molar-refractivity contribution in [3.05, 3.63) is 29.8 Å². The number of rotatable bonds is 5. The van der Waals surface area contributed by atoms with Gasteiger partial charge in [0.2, 0.25) is 7.41 Å². The summed E-state index contributed by atoms with van der Waals surface area (Å²) in [5, 5.41) is 2.95. The Kier molecular flexibility index (Phi) is 4.89. The van der Waals surface area contributed by atoms with E-state index in [2.05, 4.69) is 69.8 Å². The highest BCUT2D eigenvalue weighted by atomic mass is 31.0. The Morgan fingerprint density at radius 3 is 2.50 bits per heavy atom. The predicted octanol–water partition coefficient (Wildman–Crippen LogP) is 0.850. The molecule has 2 rings (SSSR count). The number of hydrogen-bond acceptors (Lipinski definition) is 3. The summed E-state index contributed by atoms with van der Waals surface area (Å²) in [7, 11) is 9.72. The maximum atomic E-state index is 11.5. The monoisotopic (exact) mass is 292 g/mol. The summed E-state index contributed by atoms with van der Waals surface area (Å²) in [5.74, 6) is 0. The van der Waals surface area contributed by atoms with Crippen LogP contribution in [0.1, 0.15) is 11.6 Å². The topological polar surface area (TPSA) is 38.8 Å². The van der Waals surface area contributed by atoms with Crippen molar-refractivity contribution in [2.75, 3.05) is 39.0 Å². The molecule has 2 unspecified atom stereocenters. The van der Waals surface area contributed by atoms with Crippen molar-refractivity contribution in [1.29, 1.82) is 0 Å². The van der Waals surface area contributed by atoms with Gasteiger partial charge in [0, 0.05) is 19.2 Å². The number of carbonyl (C=O) groups excluding carboxylic acids is 1. The van der Waals surface area contributed by atoms with Crippen LogP contribution < -0.4 is 10.2 Å². The van der Waals surface area contributed by atoms with E-state index in [0.29, 0.717) is 6.54 Å². The molecule has 1 N–H and O–H groups in total. The average molecular weight is 292 g/mol. The first kappa shape index (κ1) is 15.1. The molecule has 1 aromatic rings. The third-order valence-electron chi connectivity index (χ3n) is 3.56. The summed E-state index contributed by atoms with van der Waals surface area (Å²) in [6.07, 6.45) is 0.992. The molecule has 1 saturated heterocycles. The zero-order valence-corrected chi connectivity index (χ0v) is 13.5. The predicted molar refractivity (Wildman–Crippen MR) is 88.2 cm³/mol. The molecule has 2 amide bonds. The number of carbonyl (C=O) groups is 1. The Hall–Kier alpha value is -1.26. The van der Waals surface area contributed by atoms with E-state index in [9.17, 15) is 4.79 Å². The van der Waals surface area contributed by atoms with Gasteiger partial charge in [0.15, 0.2) is 0 Å². The molecular weight excluding hydrogens is 270 g/mol. The zero-order chi connectivity index (χ0) is 14.7. The van der Waals surface area contributed by atoms with Gasteiger partial charge in [-0.15, -0.1) is 0 Å². The van der Waals surface area contributed by atoms with Gasteiger partial charge in [-0.3, -0.25) is 0 Å². The summed E-state index contributed by atoms with van der Waals surface area (Å²) in [6, 6.07) is 8.46. The summed E-state index contributed by atoms with van der Waals surface area (Å²) in [4.78, 5) is 15.9. The molecule has 0 radical (unpaired) electrons. The van der Waals surface area contributed by atoms with E-state index < -0.39 is 0 Å². The van der Waals surface area contributed by atoms with Gasteiger partial charge in [-0.25, -0.2) is 4.79 Å². The van der Waals surface area contributed by atoms with Gasteiger partial charge in [-0.1, -0.05) is 12.1 Å². The maximum Gasteiger partial charge on any atom is 0.320 e. The summed E-state index contributed by atoms with van der Waals surface area (Å²) in [6.45, 7) is 0.694. The molecule has 20 heavy (non-hydrogen) atoms. The van der Waals surface area contributed by atoms with Crippen molar-refractivity contribution in [3.63, 3.8) is 0 Å². The van der Waals surface area contributed by atoms with Gasteiger partial charge in [0.25, 0.3) is 0 Å². The molecule has 0 bridgehead atoms. The standard InChI is InChI=1S/C13H22BN4OP/c1-16(2)14-9-17(3)11-6-4-10(5-7-11)12-8-18(20)13(19)15-12/h4-7,12,14H,8-9,20H2,1-3H3,(H,15,19). The van der Waals surface area contributed by atoms with Gasteiger partial charge in [0.05, 0.1) is 12.6 Å². The van der Waals surface area contributed by atoms with E-state index in [4.69, 9.17) is 0 Å². The number of nitrogens with zero attached hydrogens (tertiary/aromatic N) is 3. The van der Waals surface area contributed by atoms with Crippen LogP contribution >= 0.6 is 9.39 Å². The van der Waals surface area contributed by atoms with Crippen LogP contribution in [-0.4, -0.2) is 57.1 Å². The molecule has 0 saturated carbocycles. The smallest absolute Gasteiger partial charge is 0.320 e. The van der Waals surface area contributed by atoms with Crippen molar-refractivity contribution in [1.82, 2.24) is 14.8 Å². The van der Waals surface area contributed by atoms with Crippen LogP contribution in [0.15, 0.2) is 24.3 Å². The lowest BCUT2D eigenvalue weighted by atomic mass is 9.92. The molecule has 1 aromatic carbocycles. The molecule has 2 atom stereocenters. The van der Waals surface area contributed by atoms with E-state index in [1.54, 1.807) is 4.67 Å². The Morgan fingerprint density at radius 1 is 1.35 bits per heavy atom. The molecule has 7 heteroatoms. The van der Waals surface area contributed by atoms with Crippen molar-refractivity contribution in [2.45, 2.75) is 6.04 Å². The molecule has 0 aromatic heterocycles. The zero-order valence-electron chi connectivity index (χ0n) is 12.3. The highest BCUT2D eigenvalue weighted by molar-refractivity contribution is 7.14. The Labute approximate surface area is 123 Å². The Bertz CT molecular complexity index is 468. The number of amides is 2. The average Bonchev–Trinajstić information content (AvgIpc) is 2.76. The van der Waals surface area contributed by atoms with Gasteiger partial charge in [0.1, 0.15) is 0 Å². The molecular formula is C13H22BN4OP. The SMILES string of the molecule is CN(C)BCN(C)c1ccc(C2CN(P)C(=O)N2)cc1. The molecule has 5 nitrogen and oxygen atoms in total. The third-order valence-corrected chi connectivity index (χ3v) is 4.00. The lowest BCUT2D eigenvalue weighted by Gasteiger charge is -2.21. The summed E-state index contributed by atoms with van der Waals surface area (Å²) >= 11 is 0. The highest BCUT2D eigenvalue weighted by Crippen LogP contribution is 2.24. The fraction of sp³-hybridized carbons (Fsp3) is 0.462. The first-order chi connectivity index (χ1) is 9.47. The minimum atomic E-state index is -0.0350. The van der Waals surface area contributed by atoms with E-state index in [1.165, 1.54) is 5.69 Å². The van der Waals surface area contributed by atoms with Crippen LogP contribution in [-0.2, 0) is 0 Å². The van der Waals surface area contributed by atoms with E-state index >= 15 is 0 Å². The van der Waals surface area contributed by atoms with Crippen LogP contribution in [0.4, 0.5) is 10.5 Å². The lowest BCUT2D eigenvalue weighted by molar-refractivity contribution is 0.237. The minimum absolute atomic E-state index is 0.0350. The second kappa shape index (κ2) is 6.46.